The predicted molar refractivity (Wildman–Crippen MR) is 106 cm³/mol. The normalized spacial score (nSPS) is 20.8. The average Bonchev–Trinajstić information content (AvgIpc) is 3.29. The number of nitrogens with one attached hydrogen (secondary N) is 2. The molecule has 2 aromatic rings. The van der Waals surface area contributed by atoms with Crippen LogP contribution in [0.2, 0.25) is 0 Å². The Morgan fingerprint density at radius 2 is 1.93 bits per heavy atom. The van der Waals surface area contributed by atoms with Crippen LogP contribution in [0, 0.1) is 0 Å². The highest BCUT2D eigenvalue weighted by Crippen LogP contribution is 2.30. The summed E-state index contributed by atoms with van der Waals surface area (Å²) >= 11 is 1.47. The molecule has 28 heavy (non-hydrogen) atoms. The van der Waals surface area contributed by atoms with Crippen LogP contribution in [0.1, 0.15) is 33.8 Å². The molecule has 1 aromatic heterocycles. The van der Waals surface area contributed by atoms with E-state index in [2.05, 4.69) is 15.0 Å². The van der Waals surface area contributed by atoms with Crippen LogP contribution in [0.5, 0.6) is 0 Å². The van der Waals surface area contributed by atoms with E-state index in [9.17, 15) is 21.6 Å². The number of benzene rings is 1. The number of sulfone groups is 1. The zero-order valence-electron chi connectivity index (χ0n) is 14.8. The highest BCUT2D eigenvalue weighted by atomic mass is 32.2. The Morgan fingerprint density at radius 1 is 1.18 bits per heavy atom. The van der Waals surface area contributed by atoms with Crippen LogP contribution in [-0.2, 0) is 32.7 Å². The topological polar surface area (TPSA) is 122 Å². The molecule has 150 valence electrons. The quantitative estimate of drug-likeness (QED) is 0.722. The summed E-state index contributed by atoms with van der Waals surface area (Å²) in [5.41, 5.74) is 1.36. The molecule has 1 saturated heterocycles. The molecule has 2 aliphatic rings. The Hall–Kier alpha value is -1.82. The van der Waals surface area contributed by atoms with Crippen molar-refractivity contribution in [2.75, 3.05) is 16.8 Å². The van der Waals surface area contributed by atoms with E-state index in [1.165, 1.54) is 40.5 Å². The third-order valence-corrected chi connectivity index (χ3v) is 9.17. The summed E-state index contributed by atoms with van der Waals surface area (Å²) in [5, 5.41) is 3.30. The Labute approximate surface area is 167 Å². The maximum Gasteiger partial charge on any atom is 0.257 e. The summed E-state index contributed by atoms with van der Waals surface area (Å²) in [6.45, 7) is 0. The van der Waals surface area contributed by atoms with E-state index in [-0.39, 0.29) is 28.7 Å². The number of aryl methyl sites for hydroxylation is 2. The van der Waals surface area contributed by atoms with Crippen molar-refractivity contribution in [2.24, 2.45) is 0 Å². The molecule has 1 atom stereocenters. The molecular weight excluding hydrogens is 422 g/mol. The van der Waals surface area contributed by atoms with Gasteiger partial charge in [-0.05, 0) is 49.9 Å². The predicted octanol–water partition coefficient (Wildman–Crippen LogP) is 1.35. The molecule has 0 saturated carbocycles. The van der Waals surface area contributed by atoms with Gasteiger partial charge in [0.05, 0.1) is 22.1 Å². The summed E-state index contributed by atoms with van der Waals surface area (Å²) in [5.74, 6) is -0.560. The molecular formula is C17H19N3O5S3. The van der Waals surface area contributed by atoms with Crippen LogP contribution in [0.25, 0.3) is 0 Å². The van der Waals surface area contributed by atoms with Crippen molar-refractivity contribution < 1.29 is 21.6 Å². The zero-order valence-corrected chi connectivity index (χ0v) is 17.3. The van der Waals surface area contributed by atoms with Gasteiger partial charge in [0.2, 0.25) is 10.0 Å². The first-order valence-electron chi connectivity index (χ1n) is 8.85. The van der Waals surface area contributed by atoms with Crippen LogP contribution >= 0.6 is 11.3 Å². The first-order chi connectivity index (χ1) is 13.2. The highest BCUT2D eigenvalue weighted by molar-refractivity contribution is 7.92. The van der Waals surface area contributed by atoms with Gasteiger partial charge in [0.15, 0.2) is 15.0 Å². The van der Waals surface area contributed by atoms with Gasteiger partial charge in [-0.3, -0.25) is 10.1 Å². The number of carbonyl (C=O) groups is 1. The second-order valence-electron chi connectivity index (χ2n) is 6.94. The molecule has 1 aliphatic carbocycles. The molecule has 1 fully saturated rings. The number of amides is 1. The van der Waals surface area contributed by atoms with Crippen LogP contribution < -0.4 is 10.0 Å². The minimum absolute atomic E-state index is 0.0124. The number of nitrogens with zero attached hydrogens (tertiary/aromatic N) is 1. The van der Waals surface area contributed by atoms with E-state index in [4.69, 9.17) is 0 Å². The van der Waals surface area contributed by atoms with Crippen molar-refractivity contribution in [3.8, 4) is 0 Å². The summed E-state index contributed by atoms with van der Waals surface area (Å²) in [6, 6.07) is 4.91. The van der Waals surface area contributed by atoms with Crippen molar-refractivity contribution in [3.05, 3.63) is 40.4 Å². The van der Waals surface area contributed by atoms with Crippen LogP contribution in [0.15, 0.2) is 29.2 Å². The SMILES string of the molecule is O=C(Nc1nc2c(s1)CCC2)c1ccc(S(=O)(=O)NC2CCS(=O)(=O)C2)cc1. The Kier molecular flexibility index (Phi) is 5.02. The maximum absolute atomic E-state index is 12.4. The molecule has 4 rings (SSSR count). The van der Waals surface area contributed by atoms with Gasteiger partial charge >= 0.3 is 0 Å². The molecule has 1 unspecified atom stereocenters. The minimum Gasteiger partial charge on any atom is -0.298 e. The second kappa shape index (κ2) is 7.21. The lowest BCUT2D eigenvalue weighted by atomic mass is 10.2. The van der Waals surface area contributed by atoms with E-state index >= 15 is 0 Å². The molecule has 1 aliphatic heterocycles. The highest BCUT2D eigenvalue weighted by Gasteiger charge is 2.31. The summed E-state index contributed by atoms with van der Waals surface area (Å²) in [4.78, 5) is 18.0. The maximum atomic E-state index is 12.4. The summed E-state index contributed by atoms with van der Waals surface area (Å²) < 4.78 is 50.3. The molecule has 8 nitrogen and oxygen atoms in total. The van der Waals surface area contributed by atoms with E-state index in [1.807, 2.05) is 0 Å². The fraction of sp³-hybridized carbons (Fsp3) is 0.412. The zero-order chi connectivity index (χ0) is 19.9. The summed E-state index contributed by atoms with van der Waals surface area (Å²) in [6.07, 6.45) is 3.28. The van der Waals surface area contributed by atoms with Crippen molar-refractivity contribution >= 4 is 42.2 Å². The third kappa shape index (κ3) is 4.12. The molecule has 0 radical (unpaired) electrons. The number of sulfonamides is 1. The number of thiazole rings is 1. The number of hydrogen-bond donors (Lipinski definition) is 2. The largest absolute Gasteiger partial charge is 0.298 e. The van der Waals surface area contributed by atoms with Crippen molar-refractivity contribution in [2.45, 2.75) is 36.6 Å². The monoisotopic (exact) mass is 441 g/mol. The number of anilines is 1. The average molecular weight is 442 g/mol. The Bertz CT molecular complexity index is 1100. The van der Waals surface area contributed by atoms with E-state index in [1.54, 1.807) is 0 Å². The van der Waals surface area contributed by atoms with Gasteiger partial charge < -0.3 is 0 Å². The molecule has 1 amide bonds. The number of aromatic nitrogens is 1. The van der Waals surface area contributed by atoms with Crippen molar-refractivity contribution in [1.29, 1.82) is 0 Å². The van der Waals surface area contributed by atoms with Gasteiger partial charge in [-0.15, -0.1) is 11.3 Å². The fourth-order valence-corrected chi connectivity index (χ4v) is 7.47. The summed E-state index contributed by atoms with van der Waals surface area (Å²) in [7, 11) is -7.03. The second-order valence-corrected chi connectivity index (χ2v) is 12.0. The van der Waals surface area contributed by atoms with Crippen LogP contribution in [-0.4, -0.2) is 45.3 Å². The molecule has 1 aromatic carbocycles. The Morgan fingerprint density at radius 3 is 2.57 bits per heavy atom. The van der Waals surface area contributed by atoms with Gasteiger partial charge in [-0.1, -0.05) is 0 Å². The van der Waals surface area contributed by atoms with Crippen molar-refractivity contribution in [3.63, 3.8) is 0 Å². The molecule has 0 bridgehead atoms. The first-order valence-corrected chi connectivity index (χ1v) is 13.0. The van der Waals surface area contributed by atoms with E-state index in [0.717, 1.165) is 25.0 Å². The van der Waals surface area contributed by atoms with E-state index in [0.29, 0.717) is 10.7 Å². The molecule has 2 N–H and O–H groups in total. The molecule has 2 heterocycles. The number of carbonyl (C=O) groups excluding carboxylic acids is 1. The third-order valence-electron chi connectivity index (χ3n) is 4.80. The number of fused-ring (bicyclic) bond motifs is 1. The Balaban J connectivity index is 1.43. The van der Waals surface area contributed by atoms with Gasteiger partial charge in [0.1, 0.15) is 0 Å². The van der Waals surface area contributed by atoms with Gasteiger partial charge in [-0.2, -0.15) is 0 Å². The molecule has 11 heteroatoms. The van der Waals surface area contributed by atoms with Crippen LogP contribution in [0.3, 0.4) is 0 Å². The van der Waals surface area contributed by atoms with Gasteiger partial charge in [0.25, 0.3) is 5.91 Å². The minimum atomic E-state index is -3.85. The lowest BCUT2D eigenvalue weighted by molar-refractivity contribution is 0.102. The standard InChI is InChI=1S/C17H19N3O5S3/c21-16(19-17-18-14-2-1-3-15(14)26-17)11-4-6-13(7-5-11)28(24,25)20-12-8-9-27(22,23)10-12/h4-7,12,20H,1-3,8-10H2,(H,18,19,21). The number of rotatable bonds is 5. The smallest absolute Gasteiger partial charge is 0.257 e. The van der Waals surface area contributed by atoms with Gasteiger partial charge in [0, 0.05) is 16.5 Å². The first kappa shape index (κ1) is 19.5. The lowest BCUT2D eigenvalue weighted by Gasteiger charge is -2.12. The molecule has 0 spiro atoms. The number of hydrogen-bond acceptors (Lipinski definition) is 7. The van der Waals surface area contributed by atoms with E-state index < -0.39 is 25.9 Å². The van der Waals surface area contributed by atoms with Crippen LogP contribution in [0.4, 0.5) is 5.13 Å². The lowest BCUT2D eigenvalue weighted by Crippen LogP contribution is -2.35. The van der Waals surface area contributed by atoms with Crippen molar-refractivity contribution in [1.82, 2.24) is 9.71 Å². The van der Waals surface area contributed by atoms with Gasteiger partial charge in [-0.25, -0.2) is 26.5 Å². The fourth-order valence-electron chi connectivity index (χ4n) is 3.37.